The molecule has 1 unspecified atom stereocenters. The molecule has 3 nitrogen and oxygen atoms in total. The first-order valence-electron chi connectivity index (χ1n) is 6.37. The summed E-state index contributed by atoms with van der Waals surface area (Å²) in [7, 11) is 0. The molecule has 96 valence electrons. The van der Waals surface area contributed by atoms with Gasteiger partial charge in [-0.15, -0.1) is 0 Å². The van der Waals surface area contributed by atoms with Crippen LogP contribution in [-0.4, -0.2) is 18.5 Å². The van der Waals surface area contributed by atoms with E-state index in [1.165, 1.54) is 0 Å². The van der Waals surface area contributed by atoms with Crippen molar-refractivity contribution in [2.45, 2.75) is 65.8 Å². The maximum Gasteiger partial charge on any atom is 0.220 e. The molecular weight excluding hydrogens is 200 g/mol. The number of nitrogens with two attached hydrogens (primary N) is 1. The van der Waals surface area contributed by atoms with E-state index in [4.69, 9.17) is 5.73 Å². The highest BCUT2D eigenvalue weighted by molar-refractivity contribution is 5.75. The quantitative estimate of drug-likeness (QED) is 0.658. The molecule has 0 fully saturated rings. The summed E-state index contributed by atoms with van der Waals surface area (Å²) >= 11 is 0. The predicted octanol–water partition coefficient (Wildman–Crippen LogP) is 2.45. The summed E-state index contributed by atoms with van der Waals surface area (Å²) in [6.07, 6.45) is 4.83. The standard InChI is InChI=1S/C13H28N2O/c1-5-6-7-8-12(16)15-10-11(14)9-13(2,3)4/h11H,5-10,14H2,1-4H3,(H,15,16). The Labute approximate surface area is 100 Å². The van der Waals surface area contributed by atoms with Gasteiger partial charge in [-0.3, -0.25) is 4.79 Å². The van der Waals surface area contributed by atoms with E-state index in [9.17, 15) is 4.79 Å². The Morgan fingerprint density at radius 3 is 2.44 bits per heavy atom. The van der Waals surface area contributed by atoms with E-state index < -0.39 is 0 Å². The van der Waals surface area contributed by atoms with E-state index in [2.05, 4.69) is 33.0 Å². The molecule has 16 heavy (non-hydrogen) atoms. The zero-order valence-electron chi connectivity index (χ0n) is 11.3. The third-order valence-corrected chi connectivity index (χ3v) is 2.44. The van der Waals surface area contributed by atoms with Crippen LogP contribution in [0.2, 0.25) is 0 Å². The Hall–Kier alpha value is -0.570. The highest BCUT2D eigenvalue weighted by Gasteiger charge is 2.15. The van der Waals surface area contributed by atoms with Crippen molar-refractivity contribution in [1.82, 2.24) is 5.32 Å². The first kappa shape index (κ1) is 15.4. The van der Waals surface area contributed by atoms with Crippen LogP contribution >= 0.6 is 0 Å². The van der Waals surface area contributed by atoms with E-state index in [0.717, 1.165) is 25.7 Å². The van der Waals surface area contributed by atoms with Crippen molar-refractivity contribution in [3.8, 4) is 0 Å². The third kappa shape index (κ3) is 9.97. The molecule has 0 aliphatic heterocycles. The molecule has 0 aromatic heterocycles. The van der Waals surface area contributed by atoms with Crippen LogP contribution in [0.1, 0.15) is 59.8 Å². The van der Waals surface area contributed by atoms with Gasteiger partial charge in [0.15, 0.2) is 0 Å². The Bertz CT molecular complexity index is 197. The monoisotopic (exact) mass is 228 g/mol. The van der Waals surface area contributed by atoms with Crippen molar-refractivity contribution in [1.29, 1.82) is 0 Å². The van der Waals surface area contributed by atoms with E-state index in [1.54, 1.807) is 0 Å². The number of nitrogens with one attached hydrogen (secondary N) is 1. The predicted molar refractivity (Wildman–Crippen MR) is 69.2 cm³/mol. The summed E-state index contributed by atoms with van der Waals surface area (Å²) in [4.78, 5) is 11.4. The van der Waals surface area contributed by atoms with Crippen LogP contribution in [0.4, 0.5) is 0 Å². The van der Waals surface area contributed by atoms with Gasteiger partial charge < -0.3 is 11.1 Å². The van der Waals surface area contributed by atoms with Gasteiger partial charge in [0.1, 0.15) is 0 Å². The van der Waals surface area contributed by atoms with Crippen LogP contribution in [0.15, 0.2) is 0 Å². The lowest BCUT2D eigenvalue weighted by atomic mass is 9.88. The first-order chi connectivity index (χ1) is 7.35. The van der Waals surface area contributed by atoms with Crippen LogP contribution in [0.5, 0.6) is 0 Å². The van der Waals surface area contributed by atoms with Crippen LogP contribution in [0.25, 0.3) is 0 Å². The first-order valence-corrected chi connectivity index (χ1v) is 6.37. The van der Waals surface area contributed by atoms with Gasteiger partial charge in [-0.05, 0) is 18.3 Å². The molecule has 3 N–H and O–H groups in total. The number of hydrogen-bond acceptors (Lipinski definition) is 2. The van der Waals surface area contributed by atoms with Gasteiger partial charge in [-0.25, -0.2) is 0 Å². The number of amides is 1. The largest absolute Gasteiger partial charge is 0.355 e. The van der Waals surface area contributed by atoms with Crippen LogP contribution < -0.4 is 11.1 Å². The van der Waals surface area contributed by atoms with Gasteiger partial charge in [-0.2, -0.15) is 0 Å². The second-order valence-corrected chi connectivity index (χ2v) is 5.79. The number of carbonyl (C=O) groups is 1. The maximum atomic E-state index is 11.4. The van der Waals surface area contributed by atoms with Gasteiger partial charge >= 0.3 is 0 Å². The van der Waals surface area contributed by atoms with Gasteiger partial charge in [-0.1, -0.05) is 40.5 Å². The molecule has 0 aromatic rings. The van der Waals surface area contributed by atoms with Crippen molar-refractivity contribution >= 4 is 5.91 Å². The molecule has 1 amide bonds. The molecular formula is C13H28N2O. The van der Waals surface area contributed by atoms with Crippen molar-refractivity contribution in [3.63, 3.8) is 0 Å². The molecule has 0 aliphatic carbocycles. The Balaban J connectivity index is 3.59. The highest BCUT2D eigenvalue weighted by Crippen LogP contribution is 2.19. The second kappa shape index (κ2) is 7.66. The lowest BCUT2D eigenvalue weighted by Gasteiger charge is -2.23. The molecule has 0 rings (SSSR count). The molecule has 0 radical (unpaired) electrons. The van der Waals surface area contributed by atoms with Crippen LogP contribution in [-0.2, 0) is 4.79 Å². The zero-order valence-corrected chi connectivity index (χ0v) is 11.3. The van der Waals surface area contributed by atoms with Gasteiger partial charge in [0.05, 0.1) is 0 Å². The van der Waals surface area contributed by atoms with Crippen molar-refractivity contribution in [2.24, 2.45) is 11.1 Å². The van der Waals surface area contributed by atoms with E-state index >= 15 is 0 Å². The van der Waals surface area contributed by atoms with Crippen molar-refractivity contribution in [2.75, 3.05) is 6.54 Å². The lowest BCUT2D eigenvalue weighted by molar-refractivity contribution is -0.121. The molecule has 1 atom stereocenters. The van der Waals surface area contributed by atoms with E-state index in [1.807, 2.05) is 0 Å². The molecule has 0 bridgehead atoms. The zero-order chi connectivity index (χ0) is 12.6. The van der Waals surface area contributed by atoms with E-state index in [-0.39, 0.29) is 17.4 Å². The van der Waals surface area contributed by atoms with Crippen LogP contribution in [0.3, 0.4) is 0 Å². The molecule has 0 saturated carbocycles. The summed E-state index contributed by atoms with van der Waals surface area (Å²) in [5, 5.41) is 2.90. The summed E-state index contributed by atoms with van der Waals surface area (Å²) < 4.78 is 0. The van der Waals surface area contributed by atoms with Gasteiger partial charge in [0.25, 0.3) is 0 Å². The average molecular weight is 228 g/mol. The SMILES string of the molecule is CCCCCC(=O)NCC(N)CC(C)(C)C. The minimum absolute atomic E-state index is 0.0649. The highest BCUT2D eigenvalue weighted by atomic mass is 16.1. The third-order valence-electron chi connectivity index (χ3n) is 2.44. The fraction of sp³-hybridized carbons (Fsp3) is 0.923. The molecule has 0 heterocycles. The van der Waals surface area contributed by atoms with Gasteiger partial charge in [0.2, 0.25) is 5.91 Å². The topological polar surface area (TPSA) is 55.1 Å². The minimum atomic E-state index is 0.0649. The fourth-order valence-electron chi connectivity index (χ4n) is 1.73. The molecule has 3 heteroatoms. The van der Waals surface area contributed by atoms with Crippen molar-refractivity contribution in [3.05, 3.63) is 0 Å². The molecule has 0 saturated heterocycles. The molecule has 0 aromatic carbocycles. The fourth-order valence-corrected chi connectivity index (χ4v) is 1.73. The Kier molecular flexibility index (Phi) is 7.39. The smallest absolute Gasteiger partial charge is 0.220 e. The summed E-state index contributed by atoms with van der Waals surface area (Å²) in [6, 6.07) is 0.0649. The summed E-state index contributed by atoms with van der Waals surface area (Å²) in [6.45, 7) is 9.22. The van der Waals surface area contributed by atoms with Gasteiger partial charge in [0, 0.05) is 19.0 Å². The maximum absolute atomic E-state index is 11.4. The minimum Gasteiger partial charge on any atom is -0.355 e. The number of carbonyl (C=O) groups excluding carboxylic acids is 1. The van der Waals surface area contributed by atoms with Crippen LogP contribution in [0, 0.1) is 5.41 Å². The number of rotatable bonds is 7. The van der Waals surface area contributed by atoms with E-state index in [0.29, 0.717) is 13.0 Å². The molecule has 0 aliphatic rings. The number of unbranched alkanes of at least 4 members (excludes halogenated alkanes) is 2. The Morgan fingerprint density at radius 2 is 1.94 bits per heavy atom. The molecule has 0 spiro atoms. The normalized spacial score (nSPS) is 13.6. The number of hydrogen-bond donors (Lipinski definition) is 2. The lowest BCUT2D eigenvalue weighted by Crippen LogP contribution is -2.39. The van der Waals surface area contributed by atoms with Crippen molar-refractivity contribution < 1.29 is 4.79 Å². The summed E-state index contributed by atoms with van der Waals surface area (Å²) in [5.41, 5.74) is 6.18. The Morgan fingerprint density at radius 1 is 1.31 bits per heavy atom. The summed E-state index contributed by atoms with van der Waals surface area (Å²) in [5.74, 6) is 0.137. The second-order valence-electron chi connectivity index (χ2n) is 5.79. The average Bonchev–Trinajstić information content (AvgIpc) is 2.12.